The Kier molecular flexibility index (Phi) is 6.57. The third-order valence-corrected chi connectivity index (χ3v) is 3.37. The zero-order valence-corrected chi connectivity index (χ0v) is 12.3. The van der Waals surface area contributed by atoms with E-state index >= 15 is 0 Å². The first-order chi connectivity index (χ1) is 9.11. The summed E-state index contributed by atoms with van der Waals surface area (Å²) in [5.41, 5.74) is 9.44. The van der Waals surface area contributed by atoms with E-state index in [1.165, 1.54) is 12.0 Å². The van der Waals surface area contributed by atoms with Crippen LogP contribution in [0.5, 0.6) is 0 Å². The first-order valence-corrected chi connectivity index (χ1v) is 7.10. The van der Waals surface area contributed by atoms with Gasteiger partial charge in [0.15, 0.2) is 0 Å². The third kappa shape index (κ3) is 4.35. The van der Waals surface area contributed by atoms with E-state index in [-0.39, 0.29) is 5.91 Å². The molecule has 19 heavy (non-hydrogen) atoms. The summed E-state index contributed by atoms with van der Waals surface area (Å²) in [6.45, 7) is 7.48. The third-order valence-electron chi connectivity index (χ3n) is 3.37. The summed E-state index contributed by atoms with van der Waals surface area (Å²) < 4.78 is 5.59. The molecule has 3 heteroatoms. The van der Waals surface area contributed by atoms with E-state index in [9.17, 15) is 4.79 Å². The molecule has 1 aromatic carbocycles. The fraction of sp³-hybridized carbons (Fsp3) is 0.562. The molecule has 106 valence electrons. The quantitative estimate of drug-likeness (QED) is 0.731. The van der Waals surface area contributed by atoms with Gasteiger partial charge in [0.2, 0.25) is 5.91 Å². The van der Waals surface area contributed by atoms with Crippen molar-refractivity contribution in [3.63, 3.8) is 0 Å². The molecule has 0 atom stereocenters. The standard InChI is InChI=1S/C16H25NO2/c1-4-6-7-13-8-9-14(16(17)18)15(12(13)3)11-19-10-5-2/h8-9H,4-7,10-11H2,1-3H3,(H2,17,18). The zero-order chi connectivity index (χ0) is 14.3. The van der Waals surface area contributed by atoms with Crippen molar-refractivity contribution in [1.82, 2.24) is 0 Å². The molecular weight excluding hydrogens is 238 g/mol. The highest BCUT2D eigenvalue weighted by molar-refractivity contribution is 5.94. The number of aryl methyl sites for hydroxylation is 1. The number of hydrogen-bond acceptors (Lipinski definition) is 2. The normalized spacial score (nSPS) is 10.7. The van der Waals surface area contributed by atoms with Gasteiger partial charge in [0.05, 0.1) is 6.61 Å². The Bertz CT molecular complexity index is 427. The maximum absolute atomic E-state index is 11.5. The number of amides is 1. The minimum Gasteiger partial charge on any atom is -0.377 e. The van der Waals surface area contributed by atoms with Crippen LogP contribution in [-0.2, 0) is 17.8 Å². The lowest BCUT2D eigenvalue weighted by Crippen LogP contribution is -2.16. The largest absolute Gasteiger partial charge is 0.377 e. The van der Waals surface area contributed by atoms with Gasteiger partial charge in [-0.1, -0.05) is 26.3 Å². The summed E-state index contributed by atoms with van der Waals surface area (Å²) in [6.07, 6.45) is 4.34. The smallest absolute Gasteiger partial charge is 0.249 e. The van der Waals surface area contributed by atoms with Crippen molar-refractivity contribution < 1.29 is 9.53 Å². The molecule has 1 aromatic rings. The molecule has 0 aliphatic heterocycles. The molecule has 0 saturated heterocycles. The van der Waals surface area contributed by atoms with E-state index in [4.69, 9.17) is 10.5 Å². The van der Waals surface area contributed by atoms with Crippen molar-refractivity contribution >= 4 is 5.91 Å². The van der Waals surface area contributed by atoms with Crippen LogP contribution in [0.25, 0.3) is 0 Å². The first kappa shape index (κ1) is 15.7. The fourth-order valence-electron chi connectivity index (χ4n) is 2.18. The van der Waals surface area contributed by atoms with Crippen molar-refractivity contribution in [3.8, 4) is 0 Å². The van der Waals surface area contributed by atoms with E-state index in [0.29, 0.717) is 18.8 Å². The Balaban J connectivity index is 3.01. The second-order valence-electron chi connectivity index (χ2n) is 4.90. The van der Waals surface area contributed by atoms with Gasteiger partial charge in [-0.2, -0.15) is 0 Å². The average molecular weight is 263 g/mol. The van der Waals surface area contributed by atoms with Gasteiger partial charge < -0.3 is 10.5 Å². The maximum atomic E-state index is 11.5. The molecule has 1 rings (SSSR count). The molecule has 0 heterocycles. The molecule has 0 aliphatic rings. The molecule has 0 saturated carbocycles. The van der Waals surface area contributed by atoms with E-state index < -0.39 is 0 Å². The lowest BCUT2D eigenvalue weighted by Gasteiger charge is -2.15. The summed E-state index contributed by atoms with van der Waals surface area (Å²) in [4.78, 5) is 11.5. The first-order valence-electron chi connectivity index (χ1n) is 7.10. The van der Waals surface area contributed by atoms with Crippen LogP contribution in [0, 0.1) is 6.92 Å². The summed E-state index contributed by atoms with van der Waals surface area (Å²) in [6, 6.07) is 3.86. The number of rotatable bonds is 8. The van der Waals surface area contributed by atoms with Crippen LogP contribution in [0.2, 0.25) is 0 Å². The van der Waals surface area contributed by atoms with E-state index in [0.717, 1.165) is 30.4 Å². The minimum absolute atomic E-state index is 0.375. The van der Waals surface area contributed by atoms with Gasteiger partial charge in [0, 0.05) is 12.2 Å². The van der Waals surface area contributed by atoms with Crippen LogP contribution >= 0.6 is 0 Å². The molecule has 3 nitrogen and oxygen atoms in total. The van der Waals surface area contributed by atoms with Crippen LogP contribution in [0.1, 0.15) is 60.2 Å². The highest BCUT2D eigenvalue weighted by Gasteiger charge is 2.13. The Labute approximate surface area is 116 Å². The Hall–Kier alpha value is -1.35. The van der Waals surface area contributed by atoms with E-state index in [1.54, 1.807) is 0 Å². The number of benzene rings is 1. The average Bonchev–Trinajstić information content (AvgIpc) is 2.39. The van der Waals surface area contributed by atoms with Gasteiger partial charge >= 0.3 is 0 Å². The Morgan fingerprint density at radius 2 is 2.00 bits per heavy atom. The van der Waals surface area contributed by atoms with Crippen molar-refractivity contribution in [3.05, 3.63) is 34.4 Å². The van der Waals surface area contributed by atoms with Gasteiger partial charge in [-0.25, -0.2) is 0 Å². The maximum Gasteiger partial charge on any atom is 0.249 e. The highest BCUT2D eigenvalue weighted by atomic mass is 16.5. The molecule has 0 bridgehead atoms. The molecule has 0 spiro atoms. The van der Waals surface area contributed by atoms with E-state index in [2.05, 4.69) is 20.8 Å². The molecule has 0 aliphatic carbocycles. The van der Waals surface area contributed by atoms with Crippen LogP contribution < -0.4 is 5.73 Å². The summed E-state index contributed by atoms with van der Waals surface area (Å²) in [5.74, 6) is -0.375. The monoisotopic (exact) mass is 263 g/mol. The lowest BCUT2D eigenvalue weighted by atomic mass is 9.94. The van der Waals surface area contributed by atoms with Crippen LogP contribution in [0.4, 0.5) is 0 Å². The number of carbonyl (C=O) groups is 1. The number of hydrogen-bond donors (Lipinski definition) is 1. The molecule has 0 radical (unpaired) electrons. The predicted molar refractivity (Wildman–Crippen MR) is 78.3 cm³/mol. The summed E-state index contributed by atoms with van der Waals surface area (Å²) in [5, 5.41) is 0. The van der Waals surface area contributed by atoms with Gasteiger partial charge in [-0.15, -0.1) is 0 Å². The number of ether oxygens (including phenoxy) is 1. The molecule has 0 fully saturated rings. The van der Waals surface area contributed by atoms with Crippen LogP contribution in [0.15, 0.2) is 12.1 Å². The summed E-state index contributed by atoms with van der Waals surface area (Å²) in [7, 11) is 0. The highest BCUT2D eigenvalue weighted by Crippen LogP contribution is 2.21. The molecule has 2 N–H and O–H groups in total. The topological polar surface area (TPSA) is 52.3 Å². The molecule has 1 amide bonds. The Morgan fingerprint density at radius 3 is 2.58 bits per heavy atom. The lowest BCUT2D eigenvalue weighted by molar-refractivity contribution is 0.0984. The number of primary amides is 1. The van der Waals surface area contributed by atoms with Crippen LogP contribution in [0.3, 0.4) is 0 Å². The van der Waals surface area contributed by atoms with E-state index in [1.807, 2.05) is 12.1 Å². The number of nitrogens with two attached hydrogens (primary N) is 1. The molecular formula is C16H25NO2. The van der Waals surface area contributed by atoms with Gasteiger partial charge in [-0.05, 0) is 48.9 Å². The SMILES string of the molecule is CCCCc1ccc(C(N)=O)c(COCCC)c1C. The van der Waals surface area contributed by atoms with Crippen molar-refractivity contribution in [2.75, 3.05) is 6.61 Å². The van der Waals surface area contributed by atoms with Gasteiger partial charge in [0.1, 0.15) is 0 Å². The second-order valence-corrected chi connectivity index (χ2v) is 4.90. The second kappa shape index (κ2) is 7.95. The van der Waals surface area contributed by atoms with Gasteiger partial charge in [0.25, 0.3) is 0 Å². The minimum atomic E-state index is -0.375. The number of unbranched alkanes of at least 4 members (excludes halogenated alkanes) is 1. The molecule has 0 unspecified atom stereocenters. The predicted octanol–water partition coefficient (Wildman–Crippen LogP) is 3.36. The Morgan fingerprint density at radius 1 is 1.26 bits per heavy atom. The molecule has 0 aromatic heterocycles. The fourth-order valence-corrected chi connectivity index (χ4v) is 2.18. The van der Waals surface area contributed by atoms with Crippen molar-refractivity contribution in [2.45, 2.75) is 53.1 Å². The van der Waals surface area contributed by atoms with Gasteiger partial charge in [-0.3, -0.25) is 4.79 Å². The number of carbonyl (C=O) groups excluding carboxylic acids is 1. The van der Waals surface area contributed by atoms with Crippen molar-refractivity contribution in [1.29, 1.82) is 0 Å². The summed E-state index contributed by atoms with van der Waals surface area (Å²) >= 11 is 0. The van der Waals surface area contributed by atoms with Crippen molar-refractivity contribution in [2.24, 2.45) is 5.73 Å². The zero-order valence-electron chi connectivity index (χ0n) is 12.3. The van der Waals surface area contributed by atoms with Crippen LogP contribution in [-0.4, -0.2) is 12.5 Å².